The first kappa shape index (κ1) is 22.0. The van der Waals surface area contributed by atoms with Crippen LogP contribution in [0.3, 0.4) is 0 Å². The summed E-state index contributed by atoms with van der Waals surface area (Å²) in [4.78, 5) is 25.1. The molecule has 0 spiro atoms. The van der Waals surface area contributed by atoms with Gasteiger partial charge in [0.2, 0.25) is 0 Å². The van der Waals surface area contributed by atoms with Gasteiger partial charge in [-0.05, 0) is 49.8 Å². The Kier molecular flexibility index (Phi) is 7.85. The van der Waals surface area contributed by atoms with Crippen molar-refractivity contribution in [2.45, 2.75) is 27.3 Å². The minimum absolute atomic E-state index is 0.0992. The van der Waals surface area contributed by atoms with E-state index in [0.29, 0.717) is 5.56 Å². The Labute approximate surface area is 170 Å². The molecule has 0 atom stereocenters. The fourth-order valence-corrected chi connectivity index (χ4v) is 2.98. The van der Waals surface area contributed by atoms with Crippen molar-refractivity contribution in [3.63, 3.8) is 0 Å². The maximum atomic E-state index is 12.3. The van der Waals surface area contributed by atoms with E-state index in [1.165, 1.54) is 24.4 Å². The van der Waals surface area contributed by atoms with Crippen LogP contribution in [0.2, 0.25) is 0 Å². The topological polar surface area (TPSA) is 97.1 Å². The largest absolute Gasteiger partial charge is 0.496 e. The van der Waals surface area contributed by atoms with Crippen LogP contribution in [-0.2, 0) is 6.54 Å². The van der Waals surface area contributed by atoms with E-state index >= 15 is 0 Å². The number of rotatable bonds is 9. The summed E-state index contributed by atoms with van der Waals surface area (Å²) in [6, 6.07) is 10.1. The molecule has 0 heterocycles. The lowest BCUT2D eigenvalue weighted by Crippen LogP contribution is -2.22. The fraction of sp³-hybridized carbons (Fsp3) is 0.333. The van der Waals surface area contributed by atoms with Crippen molar-refractivity contribution < 1.29 is 14.5 Å². The fourth-order valence-electron chi connectivity index (χ4n) is 2.98. The predicted molar refractivity (Wildman–Crippen MR) is 113 cm³/mol. The van der Waals surface area contributed by atoms with Gasteiger partial charge in [-0.15, -0.1) is 0 Å². The second kappa shape index (κ2) is 10.3. The Morgan fingerprint density at radius 1 is 1.28 bits per heavy atom. The molecule has 0 fully saturated rings. The molecule has 2 aromatic carbocycles. The highest BCUT2D eigenvalue weighted by Crippen LogP contribution is 2.22. The van der Waals surface area contributed by atoms with E-state index in [9.17, 15) is 14.9 Å². The molecule has 0 aliphatic heterocycles. The number of hydrazone groups is 1. The molecule has 8 nitrogen and oxygen atoms in total. The van der Waals surface area contributed by atoms with Crippen LogP contribution in [0, 0.1) is 17.0 Å². The second-order valence-corrected chi connectivity index (χ2v) is 6.44. The van der Waals surface area contributed by atoms with Gasteiger partial charge in [-0.2, -0.15) is 5.10 Å². The lowest BCUT2D eigenvalue weighted by atomic mass is 10.1. The Balaban J connectivity index is 2.15. The number of carbonyl (C=O) groups is 1. The molecule has 29 heavy (non-hydrogen) atoms. The Morgan fingerprint density at radius 2 is 2.00 bits per heavy atom. The molecule has 0 saturated carbocycles. The summed E-state index contributed by atoms with van der Waals surface area (Å²) in [6.07, 6.45) is 1.54. The van der Waals surface area contributed by atoms with Gasteiger partial charge < -0.3 is 4.74 Å². The monoisotopic (exact) mass is 398 g/mol. The number of amides is 1. The van der Waals surface area contributed by atoms with Gasteiger partial charge in [-0.3, -0.25) is 19.8 Å². The SMILES string of the molecule is CCN(CC)Cc1cc(C=NNC(=O)c2cccc([N+](=O)[O-])c2C)ccc1OC. The second-order valence-electron chi connectivity index (χ2n) is 6.44. The average molecular weight is 398 g/mol. The van der Waals surface area contributed by atoms with Gasteiger partial charge in [0.1, 0.15) is 5.75 Å². The molecule has 0 unspecified atom stereocenters. The molecular weight excluding hydrogens is 372 g/mol. The van der Waals surface area contributed by atoms with Crippen molar-refractivity contribution >= 4 is 17.8 Å². The van der Waals surface area contributed by atoms with Crippen molar-refractivity contribution in [3.05, 3.63) is 68.8 Å². The zero-order valence-corrected chi connectivity index (χ0v) is 17.1. The number of nitro benzene ring substituents is 1. The van der Waals surface area contributed by atoms with E-state index in [4.69, 9.17) is 4.74 Å². The molecule has 2 rings (SSSR count). The van der Waals surface area contributed by atoms with E-state index in [1.807, 2.05) is 18.2 Å². The van der Waals surface area contributed by atoms with E-state index in [-0.39, 0.29) is 11.3 Å². The van der Waals surface area contributed by atoms with Gasteiger partial charge in [-0.1, -0.05) is 19.9 Å². The first-order valence-electron chi connectivity index (χ1n) is 9.37. The highest BCUT2D eigenvalue weighted by Gasteiger charge is 2.17. The molecule has 1 N–H and O–H groups in total. The van der Waals surface area contributed by atoms with Crippen molar-refractivity contribution in [2.24, 2.45) is 5.10 Å². The van der Waals surface area contributed by atoms with Crippen LogP contribution in [0.5, 0.6) is 5.75 Å². The molecule has 0 radical (unpaired) electrons. The highest BCUT2D eigenvalue weighted by molar-refractivity contribution is 5.97. The molecule has 8 heteroatoms. The standard InChI is InChI=1S/C21H26N4O4/c1-5-24(6-2)14-17-12-16(10-11-20(17)29-4)13-22-23-21(26)18-8-7-9-19(15(18)3)25(27)28/h7-13H,5-6,14H2,1-4H3,(H,23,26). The van der Waals surface area contributed by atoms with E-state index in [0.717, 1.165) is 36.5 Å². The minimum Gasteiger partial charge on any atom is -0.496 e. The van der Waals surface area contributed by atoms with Crippen LogP contribution in [0.25, 0.3) is 0 Å². The molecule has 0 bridgehead atoms. The number of nitro groups is 1. The highest BCUT2D eigenvalue weighted by atomic mass is 16.6. The first-order chi connectivity index (χ1) is 13.9. The van der Waals surface area contributed by atoms with E-state index in [1.54, 1.807) is 14.0 Å². The maximum absolute atomic E-state index is 12.3. The van der Waals surface area contributed by atoms with Crippen LogP contribution in [0.4, 0.5) is 5.69 Å². The summed E-state index contributed by atoms with van der Waals surface area (Å²) in [5, 5.41) is 15.0. The summed E-state index contributed by atoms with van der Waals surface area (Å²) in [5.41, 5.74) is 4.69. The lowest BCUT2D eigenvalue weighted by Gasteiger charge is -2.19. The van der Waals surface area contributed by atoms with Crippen molar-refractivity contribution in [3.8, 4) is 5.75 Å². The number of ether oxygens (including phenoxy) is 1. The maximum Gasteiger partial charge on any atom is 0.273 e. The smallest absolute Gasteiger partial charge is 0.273 e. The number of hydrogen-bond acceptors (Lipinski definition) is 6. The van der Waals surface area contributed by atoms with E-state index in [2.05, 4.69) is 29.3 Å². The quantitative estimate of drug-likeness (QED) is 0.396. The van der Waals surface area contributed by atoms with Gasteiger partial charge in [0.15, 0.2) is 0 Å². The van der Waals surface area contributed by atoms with Crippen LogP contribution < -0.4 is 10.2 Å². The van der Waals surface area contributed by atoms with Gasteiger partial charge in [-0.25, -0.2) is 5.43 Å². The zero-order valence-electron chi connectivity index (χ0n) is 17.1. The zero-order chi connectivity index (χ0) is 21.4. The molecule has 0 aliphatic carbocycles. The number of hydrogen-bond donors (Lipinski definition) is 1. The lowest BCUT2D eigenvalue weighted by molar-refractivity contribution is -0.385. The number of methoxy groups -OCH3 is 1. The predicted octanol–water partition coefficient (Wildman–Crippen LogP) is 3.52. The Bertz CT molecular complexity index is 908. The summed E-state index contributed by atoms with van der Waals surface area (Å²) in [6.45, 7) is 8.35. The van der Waals surface area contributed by atoms with Gasteiger partial charge >= 0.3 is 0 Å². The summed E-state index contributed by atoms with van der Waals surface area (Å²) < 4.78 is 5.44. The summed E-state index contributed by atoms with van der Waals surface area (Å²) in [5.74, 6) is 0.296. The summed E-state index contributed by atoms with van der Waals surface area (Å²) in [7, 11) is 1.64. The molecule has 154 valence electrons. The number of nitrogens with one attached hydrogen (secondary N) is 1. The average Bonchev–Trinajstić information content (AvgIpc) is 2.71. The molecule has 0 saturated heterocycles. The van der Waals surface area contributed by atoms with Crippen LogP contribution in [0.15, 0.2) is 41.5 Å². The normalized spacial score (nSPS) is 11.1. The molecular formula is C21H26N4O4. The molecule has 1 amide bonds. The minimum atomic E-state index is -0.510. The third-order valence-corrected chi connectivity index (χ3v) is 4.72. The Hall–Kier alpha value is -3.26. The molecule has 0 aromatic heterocycles. The van der Waals surface area contributed by atoms with Crippen LogP contribution in [-0.4, -0.2) is 42.1 Å². The van der Waals surface area contributed by atoms with Crippen LogP contribution in [0.1, 0.15) is 40.9 Å². The summed E-state index contributed by atoms with van der Waals surface area (Å²) >= 11 is 0. The van der Waals surface area contributed by atoms with E-state index < -0.39 is 10.8 Å². The van der Waals surface area contributed by atoms with Gasteiger partial charge in [0.05, 0.1) is 23.8 Å². The first-order valence-corrected chi connectivity index (χ1v) is 9.37. The van der Waals surface area contributed by atoms with Gasteiger partial charge in [0, 0.05) is 23.7 Å². The Morgan fingerprint density at radius 3 is 2.62 bits per heavy atom. The van der Waals surface area contributed by atoms with Crippen LogP contribution >= 0.6 is 0 Å². The number of benzene rings is 2. The number of carbonyl (C=O) groups excluding carboxylic acids is 1. The number of nitrogens with zero attached hydrogens (tertiary/aromatic N) is 3. The molecule has 2 aromatic rings. The van der Waals surface area contributed by atoms with Gasteiger partial charge in [0.25, 0.3) is 11.6 Å². The third-order valence-electron chi connectivity index (χ3n) is 4.72. The van der Waals surface area contributed by atoms with Crippen molar-refractivity contribution in [2.75, 3.05) is 20.2 Å². The van der Waals surface area contributed by atoms with Crippen molar-refractivity contribution in [1.82, 2.24) is 10.3 Å². The molecule has 0 aliphatic rings. The third kappa shape index (κ3) is 5.61. The van der Waals surface area contributed by atoms with Crippen molar-refractivity contribution in [1.29, 1.82) is 0 Å².